The standard InChI is InChI=1S/C18H27FN2/c1-13(2)20-12-14-7-8-18(16(19)11-14)21-10-9-15-5-3-4-6-17(15)21/h7-8,11,13,15,17,20H,3-6,9-10,12H2,1-2H3. The largest absolute Gasteiger partial charge is 0.366 e. The molecule has 1 aromatic carbocycles. The van der Waals surface area contributed by atoms with Crippen LogP contribution in [0.4, 0.5) is 10.1 Å². The van der Waals surface area contributed by atoms with Gasteiger partial charge in [0.1, 0.15) is 5.82 Å². The Bertz CT molecular complexity index is 486. The van der Waals surface area contributed by atoms with Gasteiger partial charge in [-0.3, -0.25) is 0 Å². The first-order chi connectivity index (χ1) is 10.1. The first-order valence-corrected chi connectivity index (χ1v) is 8.43. The van der Waals surface area contributed by atoms with Crippen LogP contribution in [0.25, 0.3) is 0 Å². The van der Waals surface area contributed by atoms with Gasteiger partial charge in [0, 0.05) is 25.2 Å². The normalized spacial score (nSPS) is 25.4. The quantitative estimate of drug-likeness (QED) is 0.898. The SMILES string of the molecule is CC(C)NCc1ccc(N2CCC3CCCCC32)c(F)c1. The third-order valence-corrected chi connectivity index (χ3v) is 5.05. The number of anilines is 1. The van der Waals surface area contributed by atoms with Crippen molar-refractivity contribution in [2.24, 2.45) is 5.92 Å². The van der Waals surface area contributed by atoms with E-state index in [9.17, 15) is 4.39 Å². The summed E-state index contributed by atoms with van der Waals surface area (Å²) in [5.74, 6) is 0.740. The number of hydrogen-bond donors (Lipinski definition) is 1. The molecular weight excluding hydrogens is 263 g/mol. The van der Waals surface area contributed by atoms with Crippen LogP contribution in [0.1, 0.15) is 51.5 Å². The number of fused-ring (bicyclic) bond motifs is 1. The molecule has 2 fully saturated rings. The van der Waals surface area contributed by atoms with Crippen LogP contribution in [-0.4, -0.2) is 18.6 Å². The Morgan fingerprint density at radius 1 is 1.24 bits per heavy atom. The molecule has 0 aromatic heterocycles. The smallest absolute Gasteiger partial charge is 0.146 e. The highest BCUT2D eigenvalue weighted by Gasteiger charge is 2.36. The Balaban J connectivity index is 1.73. The molecule has 0 radical (unpaired) electrons. The van der Waals surface area contributed by atoms with Gasteiger partial charge >= 0.3 is 0 Å². The summed E-state index contributed by atoms with van der Waals surface area (Å²) in [6, 6.07) is 6.77. The minimum Gasteiger partial charge on any atom is -0.366 e. The average Bonchev–Trinajstić information content (AvgIpc) is 2.89. The van der Waals surface area contributed by atoms with Crippen molar-refractivity contribution in [3.8, 4) is 0 Å². The average molecular weight is 290 g/mol. The van der Waals surface area contributed by atoms with E-state index in [1.807, 2.05) is 6.07 Å². The molecule has 1 saturated carbocycles. The maximum Gasteiger partial charge on any atom is 0.146 e. The molecule has 2 unspecified atom stereocenters. The van der Waals surface area contributed by atoms with Gasteiger partial charge in [0.15, 0.2) is 0 Å². The van der Waals surface area contributed by atoms with Crippen molar-refractivity contribution in [2.45, 2.75) is 64.6 Å². The van der Waals surface area contributed by atoms with E-state index in [2.05, 4.69) is 30.1 Å². The Labute approximate surface area is 127 Å². The molecule has 1 saturated heterocycles. The summed E-state index contributed by atoms with van der Waals surface area (Å²) >= 11 is 0. The zero-order chi connectivity index (χ0) is 14.8. The molecule has 0 spiro atoms. The molecule has 116 valence electrons. The first-order valence-electron chi connectivity index (χ1n) is 8.43. The van der Waals surface area contributed by atoms with Gasteiger partial charge < -0.3 is 10.2 Å². The molecule has 2 aliphatic rings. The second-order valence-electron chi connectivity index (χ2n) is 6.92. The Morgan fingerprint density at radius 3 is 2.81 bits per heavy atom. The van der Waals surface area contributed by atoms with Crippen molar-refractivity contribution >= 4 is 5.69 Å². The zero-order valence-electron chi connectivity index (χ0n) is 13.2. The second kappa shape index (κ2) is 6.35. The summed E-state index contributed by atoms with van der Waals surface area (Å²) in [5, 5.41) is 3.34. The highest BCUT2D eigenvalue weighted by atomic mass is 19.1. The van der Waals surface area contributed by atoms with Crippen LogP contribution in [0, 0.1) is 11.7 Å². The second-order valence-corrected chi connectivity index (χ2v) is 6.92. The van der Waals surface area contributed by atoms with Crippen molar-refractivity contribution in [3.05, 3.63) is 29.6 Å². The van der Waals surface area contributed by atoms with E-state index in [0.29, 0.717) is 12.1 Å². The molecule has 2 atom stereocenters. The monoisotopic (exact) mass is 290 g/mol. The third-order valence-electron chi connectivity index (χ3n) is 5.05. The summed E-state index contributed by atoms with van der Waals surface area (Å²) in [5.41, 5.74) is 1.85. The maximum atomic E-state index is 14.5. The van der Waals surface area contributed by atoms with Crippen LogP contribution in [0.15, 0.2) is 18.2 Å². The first kappa shape index (κ1) is 14.8. The lowest BCUT2D eigenvalue weighted by Gasteiger charge is -2.33. The van der Waals surface area contributed by atoms with Gasteiger partial charge in [0.25, 0.3) is 0 Å². The molecule has 1 heterocycles. The van der Waals surface area contributed by atoms with Crippen molar-refractivity contribution in [1.29, 1.82) is 0 Å². The molecule has 3 rings (SSSR count). The summed E-state index contributed by atoms with van der Waals surface area (Å²) in [7, 11) is 0. The van der Waals surface area contributed by atoms with E-state index < -0.39 is 0 Å². The molecule has 0 amide bonds. The van der Waals surface area contributed by atoms with Crippen LogP contribution in [0.5, 0.6) is 0 Å². The fourth-order valence-electron chi connectivity index (χ4n) is 3.92. The van der Waals surface area contributed by atoms with Crippen LogP contribution < -0.4 is 10.2 Å². The van der Waals surface area contributed by atoms with E-state index in [0.717, 1.165) is 30.3 Å². The molecule has 3 heteroatoms. The van der Waals surface area contributed by atoms with Crippen LogP contribution in [-0.2, 0) is 6.54 Å². The topological polar surface area (TPSA) is 15.3 Å². The molecular formula is C18H27FN2. The fraction of sp³-hybridized carbons (Fsp3) is 0.667. The molecule has 1 N–H and O–H groups in total. The number of halogens is 1. The van der Waals surface area contributed by atoms with Gasteiger partial charge in [0.05, 0.1) is 5.69 Å². The van der Waals surface area contributed by atoms with Crippen molar-refractivity contribution in [3.63, 3.8) is 0 Å². The highest BCUT2D eigenvalue weighted by Crippen LogP contribution is 2.39. The minimum absolute atomic E-state index is 0.0516. The predicted molar refractivity (Wildman–Crippen MR) is 86.1 cm³/mol. The minimum atomic E-state index is -0.0516. The highest BCUT2D eigenvalue weighted by molar-refractivity contribution is 5.51. The van der Waals surface area contributed by atoms with Crippen molar-refractivity contribution in [1.82, 2.24) is 5.32 Å². The van der Waals surface area contributed by atoms with Gasteiger partial charge in [-0.05, 0) is 42.9 Å². The molecule has 0 bridgehead atoms. The third kappa shape index (κ3) is 3.23. The summed E-state index contributed by atoms with van der Waals surface area (Å²) in [6.07, 6.45) is 6.47. The number of hydrogen-bond acceptors (Lipinski definition) is 2. The van der Waals surface area contributed by atoms with Gasteiger partial charge in [-0.15, -0.1) is 0 Å². The lowest BCUT2D eigenvalue weighted by molar-refractivity contribution is 0.341. The van der Waals surface area contributed by atoms with Gasteiger partial charge in [-0.2, -0.15) is 0 Å². The van der Waals surface area contributed by atoms with Gasteiger partial charge in [0.2, 0.25) is 0 Å². The van der Waals surface area contributed by atoms with E-state index in [-0.39, 0.29) is 5.82 Å². The van der Waals surface area contributed by atoms with Gasteiger partial charge in [-0.1, -0.05) is 32.8 Å². The Morgan fingerprint density at radius 2 is 2.05 bits per heavy atom. The van der Waals surface area contributed by atoms with Crippen LogP contribution >= 0.6 is 0 Å². The molecule has 2 nitrogen and oxygen atoms in total. The van der Waals surface area contributed by atoms with Crippen LogP contribution in [0.2, 0.25) is 0 Å². The Hall–Kier alpha value is -1.09. The molecule has 1 aliphatic carbocycles. The summed E-state index contributed by atoms with van der Waals surface area (Å²) < 4.78 is 14.5. The molecule has 1 aliphatic heterocycles. The fourth-order valence-corrected chi connectivity index (χ4v) is 3.92. The lowest BCUT2D eigenvalue weighted by Crippen LogP contribution is -2.35. The van der Waals surface area contributed by atoms with E-state index in [4.69, 9.17) is 0 Å². The van der Waals surface area contributed by atoms with Gasteiger partial charge in [-0.25, -0.2) is 4.39 Å². The Kier molecular flexibility index (Phi) is 4.48. The van der Waals surface area contributed by atoms with Crippen molar-refractivity contribution in [2.75, 3.05) is 11.4 Å². The summed E-state index contributed by atoms with van der Waals surface area (Å²) in [6.45, 7) is 5.98. The number of nitrogens with one attached hydrogen (secondary N) is 1. The molecule has 21 heavy (non-hydrogen) atoms. The summed E-state index contributed by atoms with van der Waals surface area (Å²) in [4.78, 5) is 2.33. The maximum absolute atomic E-state index is 14.5. The molecule has 1 aromatic rings. The number of nitrogens with zero attached hydrogens (tertiary/aromatic N) is 1. The predicted octanol–water partition coefficient (Wildman–Crippen LogP) is 4.09. The van der Waals surface area contributed by atoms with E-state index in [1.54, 1.807) is 6.07 Å². The van der Waals surface area contributed by atoms with E-state index in [1.165, 1.54) is 32.1 Å². The zero-order valence-corrected chi connectivity index (χ0v) is 13.2. The number of benzene rings is 1. The van der Waals surface area contributed by atoms with Crippen LogP contribution in [0.3, 0.4) is 0 Å². The van der Waals surface area contributed by atoms with E-state index >= 15 is 0 Å². The number of rotatable bonds is 4. The van der Waals surface area contributed by atoms with Crippen molar-refractivity contribution < 1.29 is 4.39 Å². The lowest BCUT2D eigenvalue weighted by atomic mass is 9.85.